The van der Waals surface area contributed by atoms with Gasteiger partial charge in [0.2, 0.25) is 5.82 Å². The van der Waals surface area contributed by atoms with Crippen LogP contribution >= 0.6 is 0 Å². The fourth-order valence-electron chi connectivity index (χ4n) is 3.43. The fraction of sp³-hybridized carbons (Fsp3) is 0.318. The summed E-state index contributed by atoms with van der Waals surface area (Å²) >= 11 is 0. The Morgan fingerprint density at radius 3 is 2.48 bits per heavy atom. The Kier molecular flexibility index (Phi) is 6.67. The number of furan rings is 1. The van der Waals surface area contributed by atoms with Crippen molar-refractivity contribution >= 4 is 17.4 Å². The Morgan fingerprint density at radius 2 is 1.85 bits per heavy atom. The lowest BCUT2D eigenvalue weighted by Gasteiger charge is -2.34. The van der Waals surface area contributed by atoms with Gasteiger partial charge in [0, 0.05) is 26.2 Å². The molecule has 4 rings (SSSR count). The van der Waals surface area contributed by atoms with Crippen molar-refractivity contribution in [1.29, 1.82) is 0 Å². The molecule has 0 radical (unpaired) electrons. The molecule has 0 aliphatic carbocycles. The zero-order chi connectivity index (χ0) is 23.2. The molecule has 1 fully saturated rings. The Morgan fingerprint density at radius 1 is 1.12 bits per heavy atom. The third-order valence-electron chi connectivity index (χ3n) is 5.06. The molecule has 1 aliphatic rings. The third kappa shape index (κ3) is 5.03. The number of rotatable bonds is 8. The number of amides is 1. The SMILES string of the molecule is CCCOc1ccc(Oc2ncnc(N3CCN(C(=O)c4ccco4)CC3)c2[N+](=O)[O-])cc1. The number of anilines is 1. The van der Waals surface area contributed by atoms with Gasteiger partial charge in [-0.15, -0.1) is 0 Å². The fourth-order valence-corrected chi connectivity index (χ4v) is 3.43. The number of carbonyl (C=O) groups is 1. The lowest BCUT2D eigenvalue weighted by Crippen LogP contribution is -2.49. The lowest BCUT2D eigenvalue weighted by molar-refractivity contribution is -0.385. The van der Waals surface area contributed by atoms with Gasteiger partial charge in [0.15, 0.2) is 5.76 Å². The summed E-state index contributed by atoms with van der Waals surface area (Å²) in [5.41, 5.74) is -0.324. The first kappa shape index (κ1) is 22.1. The van der Waals surface area contributed by atoms with Crippen molar-refractivity contribution in [3.63, 3.8) is 0 Å². The first-order valence-electron chi connectivity index (χ1n) is 10.5. The van der Waals surface area contributed by atoms with E-state index in [4.69, 9.17) is 13.9 Å². The van der Waals surface area contributed by atoms with Crippen LogP contribution in [0.5, 0.6) is 17.4 Å². The van der Waals surface area contributed by atoms with E-state index in [2.05, 4.69) is 9.97 Å². The van der Waals surface area contributed by atoms with Crippen LogP contribution < -0.4 is 14.4 Å². The lowest BCUT2D eigenvalue weighted by atomic mass is 10.2. The van der Waals surface area contributed by atoms with Crippen molar-refractivity contribution in [2.75, 3.05) is 37.7 Å². The summed E-state index contributed by atoms with van der Waals surface area (Å²) in [6.07, 6.45) is 3.57. The van der Waals surface area contributed by atoms with Crippen LogP contribution in [0.1, 0.15) is 23.9 Å². The summed E-state index contributed by atoms with van der Waals surface area (Å²) in [6.45, 7) is 4.09. The highest BCUT2D eigenvalue weighted by Crippen LogP contribution is 2.36. The van der Waals surface area contributed by atoms with Crippen LogP contribution in [0.15, 0.2) is 53.4 Å². The molecule has 172 valence electrons. The molecule has 2 aromatic heterocycles. The van der Waals surface area contributed by atoms with Gasteiger partial charge in [-0.3, -0.25) is 14.9 Å². The molecule has 1 saturated heterocycles. The van der Waals surface area contributed by atoms with Crippen molar-refractivity contribution in [2.45, 2.75) is 13.3 Å². The zero-order valence-corrected chi connectivity index (χ0v) is 18.0. The molecule has 0 spiro atoms. The largest absolute Gasteiger partial charge is 0.494 e. The molecule has 1 aromatic carbocycles. The molecule has 1 amide bonds. The second-order valence-electron chi connectivity index (χ2n) is 7.29. The summed E-state index contributed by atoms with van der Waals surface area (Å²) in [4.78, 5) is 35.3. The predicted molar refractivity (Wildman–Crippen MR) is 118 cm³/mol. The van der Waals surface area contributed by atoms with Crippen LogP contribution in [0.3, 0.4) is 0 Å². The van der Waals surface area contributed by atoms with E-state index in [0.29, 0.717) is 44.3 Å². The molecular formula is C22H23N5O6. The number of aromatic nitrogens is 2. The van der Waals surface area contributed by atoms with E-state index in [0.717, 1.165) is 6.42 Å². The first-order valence-corrected chi connectivity index (χ1v) is 10.5. The maximum absolute atomic E-state index is 12.5. The molecule has 1 aliphatic heterocycles. The maximum atomic E-state index is 12.5. The highest BCUT2D eigenvalue weighted by Gasteiger charge is 2.32. The molecular weight excluding hydrogens is 430 g/mol. The van der Waals surface area contributed by atoms with Gasteiger partial charge in [0.25, 0.3) is 5.91 Å². The molecule has 3 heterocycles. The summed E-state index contributed by atoms with van der Waals surface area (Å²) in [5, 5.41) is 11.9. The predicted octanol–water partition coefficient (Wildman–Crippen LogP) is 3.52. The average Bonchev–Trinajstić information content (AvgIpc) is 3.38. The van der Waals surface area contributed by atoms with Gasteiger partial charge < -0.3 is 23.7 Å². The Bertz CT molecular complexity index is 1090. The molecule has 33 heavy (non-hydrogen) atoms. The minimum absolute atomic E-state index is 0.151. The molecule has 0 atom stereocenters. The first-order chi connectivity index (χ1) is 16.1. The van der Waals surface area contributed by atoms with Gasteiger partial charge in [-0.25, -0.2) is 4.98 Å². The highest BCUT2D eigenvalue weighted by molar-refractivity contribution is 5.91. The van der Waals surface area contributed by atoms with Gasteiger partial charge in [-0.2, -0.15) is 4.98 Å². The van der Waals surface area contributed by atoms with E-state index in [1.165, 1.54) is 12.6 Å². The van der Waals surface area contributed by atoms with Crippen molar-refractivity contribution in [3.8, 4) is 17.4 Å². The van der Waals surface area contributed by atoms with Gasteiger partial charge in [-0.1, -0.05) is 6.92 Å². The number of nitrogens with zero attached hydrogens (tertiary/aromatic N) is 5. The maximum Gasteiger partial charge on any atom is 0.373 e. The molecule has 0 N–H and O–H groups in total. The van der Waals surface area contributed by atoms with Crippen LogP contribution in [0.25, 0.3) is 0 Å². The van der Waals surface area contributed by atoms with Crippen LogP contribution in [0, 0.1) is 10.1 Å². The molecule has 0 unspecified atom stereocenters. The van der Waals surface area contributed by atoms with Crippen molar-refractivity contribution in [2.24, 2.45) is 0 Å². The normalized spacial score (nSPS) is 13.6. The number of hydrogen-bond donors (Lipinski definition) is 0. The van der Waals surface area contributed by atoms with Gasteiger partial charge in [0.05, 0.1) is 17.8 Å². The number of hydrogen-bond acceptors (Lipinski definition) is 9. The Labute approximate surface area is 189 Å². The average molecular weight is 453 g/mol. The van der Waals surface area contributed by atoms with E-state index >= 15 is 0 Å². The van der Waals surface area contributed by atoms with Crippen LogP contribution in [0.2, 0.25) is 0 Å². The minimum Gasteiger partial charge on any atom is -0.494 e. The van der Waals surface area contributed by atoms with E-state index in [9.17, 15) is 14.9 Å². The molecule has 3 aromatic rings. The molecule has 11 heteroatoms. The highest BCUT2D eigenvalue weighted by atomic mass is 16.6. The van der Waals surface area contributed by atoms with Crippen LogP contribution in [-0.2, 0) is 0 Å². The summed E-state index contributed by atoms with van der Waals surface area (Å²) in [7, 11) is 0. The Hall–Kier alpha value is -4.15. The minimum atomic E-state index is -0.552. The van der Waals surface area contributed by atoms with E-state index in [1.54, 1.807) is 46.2 Å². The van der Waals surface area contributed by atoms with Crippen molar-refractivity contribution in [3.05, 3.63) is 64.9 Å². The van der Waals surface area contributed by atoms with E-state index < -0.39 is 4.92 Å². The van der Waals surface area contributed by atoms with Crippen LogP contribution in [-0.4, -0.2) is 58.5 Å². The van der Waals surface area contributed by atoms with Gasteiger partial charge in [-0.05, 0) is 42.8 Å². The Balaban J connectivity index is 1.49. The van der Waals surface area contributed by atoms with Crippen LogP contribution in [0.4, 0.5) is 11.5 Å². The van der Waals surface area contributed by atoms with E-state index in [1.807, 2.05) is 6.92 Å². The third-order valence-corrected chi connectivity index (χ3v) is 5.06. The van der Waals surface area contributed by atoms with E-state index in [-0.39, 0.29) is 29.1 Å². The second kappa shape index (κ2) is 9.98. The summed E-state index contributed by atoms with van der Waals surface area (Å²) < 4.78 is 16.4. The second-order valence-corrected chi connectivity index (χ2v) is 7.29. The summed E-state index contributed by atoms with van der Waals surface area (Å²) in [6, 6.07) is 10.0. The quantitative estimate of drug-likeness (QED) is 0.372. The topological polar surface area (TPSA) is 124 Å². The number of nitro groups is 1. The van der Waals surface area contributed by atoms with Gasteiger partial charge >= 0.3 is 11.6 Å². The molecule has 0 bridgehead atoms. The molecule has 0 saturated carbocycles. The standard InChI is InChI=1S/C22H23N5O6/c1-2-13-31-16-5-7-17(8-6-16)33-21-19(27(29)30)20(23-15-24-21)25-9-11-26(12-10-25)22(28)18-4-3-14-32-18/h3-8,14-15H,2,9-13H2,1H3. The number of benzene rings is 1. The van der Waals surface area contributed by atoms with Crippen molar-refractivity contribution in [1.82, 2.24) is 14.9 Å². The smallest absolute Gasteiger partial charge is 0.373 e. The zero-order valence-electron chi connectivity index (χ0n) is 18.0. The summed E-state index contributed by atoms with van der Waals surface area (Å²) in [5.74, 6) is 1.12. The monoisotopic (exact) mass is 453 g/mol. The molecule has 11 nitrogen and oxygen atoms in total. The number of carbonyl (C=O) groups excluding carboxylic acids is 1. The van der Waals surface area contributed by atoms with Gasteiger partial charge in [0.1, 0.15) is 17.8 Å². The number of piperazine rings is 1. The number of ether oxygens (including phenoxy) is 2. The van der Waals surface area contributed by atoms with Crippen molar-refractivity contribution < 1.29 is 23.6 Å².